The number of aliphatic imine (C=N–C) groups is 1. The van der Waals surface area contributed by atoms with Crippen LogP contribution in [0.3, 0.4) is 0 Å². The first-order chi connectivity index (χ1) is 14.1. The van der Waals surface area contributed by atoms with Crippen LogP contribution in [0.25, 0.3) is 0 Å². The molecule has 0 amide bonds. The molecule has 3 rings (SSSR count). The summed E-state index contributed by atoms with van der Waals surface area (Å²) in [5.41, 5.74) is 1.01. The second kappa shape index (κ2) is 12.9. The molecule has 2 saturated heterocycles. The average Bonchev–Trinajstić information content (AvgIpc) is 3.04. The fraction of sp³-hybridized carbons (Fsp3) is 0.818. The van der Waals surface area contributed by atoms with Crippen LogP contribution in [-0.4, -0.2) is 73.1 Å². The summed E-state index contributed by atoms with van der Waals surface area (Å²) in [7, 11) is 1.88. The summed E-state index contributed by atoms with van der Waals surface area (Å²) >= 11 is 0. The van der Waals surface area contributed by atoms with Gasteiger partial charge in [-0.15, -0.1) is 24.0 Å². The van der Waals surface area contributed by atoms with Gasteiger partial charge in [-0.25, -0.2) is 4.98 Å². The molecule has 0 unspecified atom stereocenters. The van der Waals surface area contributed by atoms with Crippen LogP contribution in [0.1, 0.15) is 56.4 Å². The van der Waals surface area contributed by atoms with Gasteiger partial charge in [-0.1, -0.05) is 6.92 Å². The van der Waals surface area contributed by atoms with E-state index in [0.29, 0.717) is 12.0 Å². The molecule has 3 heterocycles. The molecule has 2 aliphatic heterocycles. The van der Waals surface area contributed by atoms with Crippen molar-refractivity contribution in [2.45, 2.75) is 65.5 Å². The van der Waals surface area contributed by atoms with Crippen LogP contribution in [0, 0.1) is 19.8 Å². The van der Waals surface area contributed by atoms with Gasteiger partial charge in [0.2, 0.25) is 5.89 Å². The molecule has 1 aromatic rings. The molecule has 30 heavy (non-hydrogen) atoms. The van der Waals surface area contributed by atoms with E-state index in [9.17, 15) is 0 Å². The zero-order valence-electron chi connectivity index (χ0n) is 19.2. The zero-order valence-corrected chi connectivity index (χ0v) is 21.6. The van der Waals surface area contributed by atoms with E-state index in [-0.39, 0.29) is 24.0 Å². The van der Waals surface area contributed by atoms with E-state index in [1.54, 1.807) is 0 Å². The lowest BCUT2D eigenvalue weighted by Gasteiger charge is -2.34. The van der Waals surface area contributed by atoms with Gasteiger partial charge in [0.1, 0.15) is 5.76 Å². The lowest BCUT2D eigenvalue weighted by Crippen LogP contribution is -2.50. The number of hydrogen-bond donors (Lipinski definition) is 2. The average molecular weight is 533 g/mol. The van der Waals surface area contributed by atoms with Crippen molar-refractivity contribution in [1.29, 1.82) is 0 Å². The third kappa shape index (κ3) is 7.67. The van der Waals surface area contributed by atoms with Crippen LogP contribution < -0.4 is 10.6 Å². The highest BCUT2D eigenvalue weighted by Crippen LogP contribution is 2.19. The number of piperidine rings is 2. The molecule has 7 nitrogen and oxygen atoms in total. The molecular formula is C22H41IN6O. The summed E-state index contributed by atoms with van der Waals surface area (Å²) in [6, 6.07) is 0.545. The molecular weight excluding hydrogens is 491 g/mol. The van der Waals surface area contributed by atoms with Gasteiger partial charge >= 0.3 is 0 Å². The third-order valence-corrected chi connectivity index (χ3v) is 6.39. The number of aromatic nitrogens is 1. The smallest absolute Gasteiger partial charge is 0.208 e. The second-order valence-electron chi connectivity index (χ2n) is 8.68. The van der Waals surface area contributed by atoms with E-state index in [0.717, 1.165) is 49.5 Å². The van der Waals surface area contributed by atoms with E-state index in [1.807, 2.05) is 20.9 Å². The van der Waals surface area contributed by atoms with Crippen LogP contribution >= 0.6 is 24.0 Å². The van der Waals surface area contributed by atoms with E-state index >= 15 is 0 Å². The number of likely N-dealkylation sites (tertiary alicyclic amines) is 2. The van der Waals surface area contributed by atoms with Crippen molar-refractivity contribution < 1.29 is 4.42 Å². The molecule has 0 spiro atoms. The van der Waals surface area contributed by atoms with Gasteiger partial charge in [0.15, 0.2) is 5.96 Å². The summed E-state index contributed by atoms with van der Waals surface area (Å²) in [4.78, 5) is 14.0. The minimum absolute atomic E-state index is 0. The van der Waals surface area contributed by atoms with E-state index < -0.39 is 0 Å². The quantitative estimate of drug-likeness (QED) is 0.320. The van der Waals surface area contributed by atoms with Gasteiger partial charge in [0.05, 0.1) is 12.2 Å². The van der Waals surface area contributed by atoms with E-state index in [1.165, 1.54) is 51.7 Å². The predicted octanol–water partition coefficient (Wildman–Crippen LogP) is 3.16. The number of nitrogens with one attached hydrogen (secondary N) is 2. The zero-order chi connectivity index (χ0) is 20.6. The molecule has 2 fully saturated rings. The van der Waals surface area contributed by atoms with Gasteiger partial charge in [-0.2, -0.15) is 0 Å². The number of hydrogen-bond acceptors (Lipinski definition) is 5. The topological polar surface area (TPSA) is 68.9 Å². The van der Waals surface area contributed by atoms with E-state index in [4.69, 9.17) is 4.42 Å². The SMILES string of the molecule is CCCN1CCC(NC(=NC)NCC2CCN(Cc3nc(C)c(C)o3)CC2)CC1.I. The first-order valence-electron chi connectivity index (χ1n) is 11.4. The molecule has 0 bridgehead atoms. The van der Waals surface area contributed by atoms with Crippen molar-refractivity contribution >= 4 is 29.9 Å². The molecule has 0 atom stereocenters. The number of oxazole rings is 1. The number of rotatable bonds is 7. The molecule has 2 N–H and O–H groups in total. The van der Waals surface area contributed by atoms with Crippen molar-refractivity contribution in [3.05, 3.63) is 17.3 Å². The van der Waals surface area contributed by atoms with Gasteiger partial charge < -0.3 is 20.0 Å². The number of halogens is 1. The first-order valence-corrected chi connectivity index (χ1v) is 11.4. The largest absolute Gasteiger partial charge is 0.444 e. The van der Waals surface area contributed by atoms with Crippen molar-refractivity contribution in [1.82, 2.24) is 25.4 Å². The number of aryl methyl sites for hydroxylation is 2. The molecule has 0 saturated carbocycles. The summed E-state index contributed by atoms with van der Waals surface area (Å²) in [5.74, 6) is 3.46. The van der Waals surface area contributed by atoms with Gasteiger partial charge in [-0.05, 0) is 71.5 Å². The fourth-order valence-electron chi connectivity index (χ4n) is 4.39. The second-order valence-corrected chi connectivity index (χ2v) is 8.68. The molecule has 172 valence electrons. The predicted molar refractivity (Wildman–Crippen MR) is 134 cm³/mol. The Morgan fingerprint density at radius 2 is 1.77 bits per heavy atom. The maximum atomic E-state index is 5.74. The number of nitrogens with zero attached hydrogens (tertiary/aromatic N) is 4. The third-order valence-electron chi connectivity index (χ3n) is 6.39. The molecule has 0 aromatic carbocycles. The Balaban J connectivity index is 0.00000320. The molecule has 2 aliphatic rings. The van der Waals surface area contributed by atoms with Crippen LogP contribution in [0.5, 0.6) is 0 Å². The van der Waals surface area contributed by atoms with Gasteiger partial charge in [0, 0.05) is 32.7 Å². The highest BCUT2D eigenvalue weighted by atomic mass is 127. The normalized spacial score (nSPS) is 20.2. The monoisotopic (exact) mass is 532 g/mol. The Labute approximate surface area is 199 Å². The molecule has 8 heteroatoms. The van der Waals surface area contributed by atoms with Gasteiger partial charge in [-0.3, -0.25) is 9.89 Å². The lowest BCUT2D eigenvalue weighted by atomic mass is 9.97. The minimum Gasteiger partial charge on any atom is -0.444 e. The minimum atomic E-state index is 0. The Bertz CT molecular complexity index is 629. The Hall–Kier alpha value is -0.870. The fourth-order valence-corrected chi connectivity index (χ4v) is 4.39. The Kier molecular flexibility index (Phi) is 10.9. The lowest BCUT2D eigenvalue weighted by molar-refractivity contribution is 0.164. The molecule has 1 aromatic heterocycles. The maximum absolute atomic E-state index is 5.74. The van der Waals surface area contributed by atoms with Crippen LogP contribution in [0.4, 0.5) is 0 Å². The highest BCUT2D eigenvalue weighted by molar-refractivity contribution is 14.0. The summed E-state index contributed by atoms with van der Waals surface area (Å²) in [5, 5.41) is 7.21. The standard InChI is InChI=1S/C22H40N6O.HI/c1-5-10-27-13-8-20(9-14-27)26-22(23-4)24-15-19-6-11-28(12-7-19)16-21-25-17(2)18(3)29-21;/h19-20H,5-16H2,1-4H3,(H2,23,24,26);1H. The molecule has 0 aliphatic carbocycles. The molecule has 0 radical (unpaired) electrons. The maximum Gasteiger partial charge on any atom is 0.208 e. The summed E-state index contributed by atoms with van der Waals surface area (Å²) in [6.45, 7) is 13.9. The highest BCUT2D eigenvalue weighted by Gasteiger charge is 2.22. The first kappa shape index (κ1) is 25.4. The van der Waals surface area contributed by atoms with Crippen molar-refractivity contribution in [3.8, 4) is 0 Å². The van der Waals surface area contributed by atoms with Crippen molar-refractivity contribution in [2.24, 2.45) is 10.9 Å². The Morgan fingerprint density at radius 1 is 1.10 bits per heavy atom. The van der Waals surface area contributed by atoms with Gasteiger partial charge in [0.25, 0.3) is 0 Å². The Morgan fingerprint density at radius 3 is 2.33 bits per heavy atom. The van der Waals surface area contributed by atoms with Crippen molar-refractivity contribution in [2.75, 3.05) is 46.3 Å². The van der Waals surface area contributed by atoms with E-state index in [2.05, 4.69) is 37.3 Å². The van der Waals surface area contributed by atoms with Crippen LogP contribution in [0.15, 0.2) is 9.41 Å². The summed E-state index contributed by atoms with van der Waals surface area (Å²) in [6.07, 6.45) is 6.07. The summed E-state index contributed by atoms with van der Waals surface area (Å²) < 4.78 is 5.74. The van der Waals surface area contributed by atoms with Crippen LogP contribution in [-0.2, 0) is 6.54 Å². The van der Waals surface area contributed by atoms with Crippen LogP contribution in [0.2, 0.25) is 0 Å². The number of guanidine groups is 1. The van der Waals surface area contributed by atoms with Crippen molar-refractivity contribution in [3.63, 3.8) is 0 Å².